The van der Waals surface area contributed by atoms with Gasteiger partial charge in [-0.3, -0.25) is 0 Å². The number of aromatic carboxylic acids is 1. The van der Waals surface area contributed by atoms with Crippen LogP contribution in [0.2, 0.25) is 0 Å². The summed E-state index contributed by atoms with van der Waals surface area (Å²) in [5.74, 6) is -0.382. The molecule has 3 aromatic rings. The van der Waals surface area contributed by atoms with Crippen LogP contribution in [0.25, 0.3) is 22.2 Å². The average molecular weight is 358 g/mol. The van der Waals surface area contributed by atoms with E-state index in [2.05, 4.69) is 20.9 Å². The van der Waals surface area contributed by atoms with Crippen molar-refractivity contribution in [2.24, 2.45) is 0 Å². The molecule has 22 heavy (non-hydrogen) atoms. The van der Waals surface area contributed by atoms with Crippen LogP contribution in [-0.4, -0.2) is 23.2 Å². The Morgan fingerprint density at radius 1 is 1.14 bits per heavy atom. The van der Waals surface area contributed by atoms with E-state index >= 15 is 0 Å². The summed E-state index contributed by atoms with van der Waals surface area (Å²) < 4.78 is 6.12. The van der Waals surface area contributed by atoms with Gasteiger partial charge in [0.25, 0.3) is 0 Å². The van der Waals surface area contributed by atoms with Crippen molar-refractivity contribution >= 4 is 32.8 Å². The maximum Gasteiger partial charge on any atom is 0.336 e. The molecule has 0 aliphatic carbocycles. The molecule has 4 nitrogen and oxygen atoms in total. The third-order valence-corrected chi connectivity index (χ3v) is 3.91. The van der Waals surface area contributed by atoms with Crippen LogP contribution in [0.15, 0.2) is 53.0 Å². The standard InChI is InChI=1S/C17H12BrNO3/c1-22-12-6-7-15-13(8-12)14(17(20)21)9-16(19-15)10-2-4-11(18)5-3-10/h2-9H,1H3,(H,20,21). The zero-order valence-corrected chi connectivity index (χ0v) is 13.3. The van der Waals surface area contributed by atoms with Crippen molar-refractivity contribution in [2.75, 3.05) is 7.11 Å². The molecule has 1 N–H and O–H groups in total. The van der Waals surface area contributed by atoms with E-state index < -0.39 is 5.97 Å². The molecule has 0 aliphatic rings. The summed E-state index contributed by atoms with van der Waals surface area (Å²) in [4.78, 5) is 16.1. The number of benzene rings is 2. The minimum absolute atomic E-state index is 0.210. The van der Waals surface area contributed by atoms with Gasteiger partial charge in [0, 0.05) is 15.4 Å². The van der Waals surface area contributed by atoms with Crippen molar-refractivity contribution in [3.63, 3.8) is 0 Å². The number of hydrogen-bond acceptors (Lipinski definition) is 3. The first-order chi connectivity index (χ1) is 10.6. The first-order valence-corrected chi connectivity index (χ1v) is 7.36. The Hall–Kier alpha value is -2.40. The summed E-state index contributed by atoms with van der Waals surface area (Å²) in [5.41, 5.74) is 2.33. The molecule has 0 radical (unpaired) electrons. The molecule has 110 valence electrons. The number of rotatable bonds is 3. The Labute approximate surface area is 135 Å². The number of carbonyl (C=O) groups is 1. The molecule has 0 aliphatic heterocycles. The maximum absolute atomic E-state index is 11.6. The van der Waals surface area contributed by atoms with Crippen molar-refractivity contribution < 1.29 is 14.6 Å². The molecular weight excluding hydrogens is 346 g/mol. The fourth-order valence-electron chi connectivity index (χ4n) is 2.28. The summed E-state index contributed by atoms with van der Waals surface area (Å²) in [6.07, 6.45) is 0. The Balaban J connectivity index is 2.25. The second kappa shape index (κ2) is 5.77. The number of fused-ring (bicyclic) bond motifs is 1. The van der Waals surface area contributed by atoms with E-state index in [1.165, 1.54) is 0 Å². The van der Waals surface area contributed by atoms with Gasteiger partial charge >= 0.3 is 5.97 Å². The van der Waals surface area contributed by atoms with Gasteiger partial charge in [-0.1, -0.05) is 28.1 Å². The van der Waals surface area contributed by atoms with Crippen LogP contribution in [0, 0.1) is 0 Å². The lowest BCUT2D eigenvalue weighted by molar-refractivity contribution is 0.0699. The largest absolute Gasteiger partial charge is 0.497 e. The first kappa shape index (κ1) is 14.5. The minimum Gasteiger partial charge on any atom is -0.497 e. The molecule has 3 rings (SSSR count). The smallest absolute Gasteiger partial charge is 0.336 e. The fraction of sp³-hybridized carbons (Fsp3) is 0.0588. The van der Waals surface area contributed by atoms with Gasteiger partial charge < -0.3 is 9.84 Å². The SMILES string of the molecule is COc1ccc2nc(-c3ccc(Br)cc3)cc(C(=O)O)c2c1. The van der Waals surface area contributed by atoms with Crippen LogP contribution in [0.1, 0.15) is 10.4 Å². The van der Waals surface area contributed by atoms with Crippen molar-refractivity contribution in [1.29, 1.82) is 0 Å². The molecule has 0 unspecified atom stereocenters. The van der Waals surface area contributed by atoms with Crippen molar-refractivity contribution in [2.45, 2.75) is 0 Å². The second-order valence-electron chi connectivity index (χ2n) is 4.75. The van der Waals surface area contributed by atoms with Crippen LogP contribution in [0.3, 0.4) is 0 Å². The number of aromatic nitrogens is 1. The highest BCUT2D eigenvalue weighted by atomic mass is 79.9. The number of methoxy groups -OCH3 is 1. The lowest BCUT2D eigenvalue weighted by atomic mass is 10.0. The molecule has 2 aromatic carbocycles. The summed E-state index contributed by atoms with van der Waals surface area (Å²) in [6.45, 7) is 0. The number of carboxylic acid groups (broad SMARTS) is 1. The van der Waals surface area contributed by atoms with Crippen LogP contribution in [-0.2, 0) is 0 Å². The van der Waals surface area contributed by atoms with E-state index in [1.54, 1.807) is 31.4 Å². The summed E-state index contributed by atoms with van der Waals surface area (Å²) in [6, 6.07) is 14.4. The summed E-state index contributed by atoms with van der Waals surface area (Å²) in [5, 5.41) is 10.0. The van der Waals surface area contributed by atoms with Crippen molar-refractivity contribution in [3.05, 3.63) is 58.6 Å². The van der Waals surface area contributed by atoms with E-state index in [0.29, 0.717) is 22.3 Å². The third kappa shape index (κ3) is 2.67. The van der Waals surface area contributed by atoms with E-state index in [4.69, 9.17) is 4.74 Å². The van der Waals surface area contributed by atoms with E-state index in [0.717, 1.165) is 10.0 Å². The van der Waals surface area contributed by atoms with Gasteiger partial charge in [-0.15, -0.1) is 0 Å². The van der Waals surface area contributed by atoms with E-state index in [1.807, 2.05) is 24.3 Å². The molecule has 0 amide bonds. The zero-order chi connectivity index (χ0) is 15.7. The van der Waals surface area contributed by atoms with Gasteiger partial charge in [0.05, 0.1) is 23.9 Å². The lowest BCUT2D eigenvalue weighted by Gasteiger charge is -2.09. The predicted octanol–water partition coefficient (Wildman–Crippen LogP) is 4.37. The zero-order valence-electron chi connectivity index (χ0n) is 11.7. The van der Waals surface area contributed by atoms with E-state index in [9.17, 15) is 9.90 Å². The molecule has 0 saturated carbocycles. The third-order valence-electron chi connectivity index (χ3n) is 3.39. The molecule has 0 saturated heterocycles. The van der Waals surface area contributed by atoms with Gasteiger partial charge in [-0.25, -0.2) is 9.78 Å². The average Bonchev–Trinajstić information content (AvgIpc) is 2.53. The molecule has 0 spiro atoms. The van der Waals surface area contributed by atoms with Crippen molar-refractivity contribution in [1.82, 2.24) is 4.98 Å². The minimum atomic E-state index is -0.987. The number of pyridine rings is 1. The van der Waals surface area contributed by atoms with Crippen molar-refractivity contribution in [3.8, 4) is 17.0 Å². The number of halogens is 1. The molecule has 0 atom stereocenters. The molecule has 1 heterocycles. The Kier molecular flexibility index (Phi) is 3.81. The fourth-order valence-corrected chi connectivity index (χ4v) is 2.54. The van der Waals surface area contributed by atoms with Gasteiger partial charge in [-0.05, 0) is 36.4 Å². The Morgan fingerprint density at radius 3 is 2.50 bits per heavy atom. The number of carboxylic acids is 1. The van der Waals surface area contributed by atoms with Gasteiger partial charge in [0.2, 0.25) is 0 Å². The number of nitrogens with zero attached hydrogens (tertiary/aromatic N) is 1. The lowest BCUT2D eigenvalue weighted by Crippen LogP contribution is -2.00. The highest BCUT2D eigenvalue weighted by Gasteiger charge is 2.13. The highest BCUT2D eigenvalue weighted by molar-refractivity contribution is 9.10. The number of ether oxygens (including phenoxy) is 1. The Morgan fingerprint density at radius 2 is 1.86 bits per heavy atom. The molecular formula is C17H12BrNO3. The number of hydrogen-bond donors (Lipinski definition) is 1. The second-order valence-corrected chi connectivity index (χ2v) is 5.67. The maximum atomic E-state index is 11.6. The predicted molar refractivity (Wildman–Crippen MR) is 88.4 cm³/mol. The van der Waals surface area contributed by atoms with Gasteiger partial charge in [0.1, 0.15) is 5.75 Å². The van der Waals surface area contributed by atoms with Crippen LogP contribution in [0.5, 0.6) is 5.75 Å². The quantitative estimate of drug-likeness (QED) is 0.755. The van der Waals surface area contributed by atoms with Crippen LogP contribution in [0.4, 0.5) is 0 Å². The highest BCUT2D eigenvalue weighted by Crippen LogP contribution is 2.28. The van der Waals surface area contributed by atoms with E-state index in [-0.39, 0.29) is 5.56 Å². The topological polar surface area (TPSA) is 59.4 Å². The molecule has 5 heteroatoms. The Bertz CT molecular complexity index is 860. The van der Waals surface area contributed by atoms with Gasteiger partial charge in [0.15, 0.2) is 0 Å². The molecule has 1 aromatic heterocycles. The van der Waals surface area contributed by atoms with Gasteiger partial charge in [-0.2, -0.15) is 0 Å². The summed E-state index contributed by atoms with van der Waals surface area (Å²) >= 11 is 3.38. The normalized spacial score (nSPS) is 10.6. The molecule has 0 bridgehead atoms. The van der Waals surface area contributed by atoms with Crippen LogP contribution < -0.4 is 4.74 Å². The van der Waals surface area contributed by atoms with Crippen LogP contribution >= 0.6 is 15.9 Å². The summed E-state index contributed by atoms with van der Waals surface area (Å²) in [7, 11) is 1.55. The first-order valence-electron chi connectivity index (χ1n) is 6.56. The monoisotopic (exact) mass is 357 g/mol. The molecule has 0 fully saturated rings.